The molecule has 2 N–H and O–H groups in total. The first-order valence-electron chi connectivity index (χ1n) is 8.94. The molecule has 0 bridgehead atoms. The predicted molar refractivity (Wildman–Crippen MR) is 85.2 cm³/mol. The van der Waals surface area contributed by atoms with Crippen LogP contribution in [0.2, 0.25) is 0 Å². The Morgan fingerprint density at radius 2 is 1.52 bits per heavy atom. The molecule has 0 aromatic rings. The van der Waals surface area contributed by atoms with Gasteiger partial charge in [-0.15, -0.1) is 0 Å². The number of amides is 1. The summed E-state index contributed by atoms with van der Waals surface area (Å²) in [6.07, 6.45) is 13.6. The molecule has 0 aliphatic heterocycles. The van der Waals surface area contributed by atoms with Crippen LogP contribution in [0.1, 0.15) is 70.6 Å². The number of carbonyl (C=O) groups excluding carboxylic acids is 1. The molecule has 122 valence electrons. The molecule has 4 heteroatoms. The summed E-state index contributed by atoms with van der Waals surface area (Å²) in [7, 11) is 0. The van der Waals surface area contributed by atoms with Crippen LogP contribution < -0.4 is 5.32 Å². The molecule has 0 aromatic carbocycles. The number of nitrogens with zero attached hydrogens (tertiary/aromatic N) is 1. The first-order valence-corrected chi connectivity index (χ1v) is 8.94. The van der Waals surface area contributed by atoms with Gasteiger partial charge < -0.3 is 10.4 Å². The van der Waals surface area contributed by atoms with Crippen LogP contribution in [0, 0.1) is 0 Å². The smallest absolute Gasteiger partial charge is 0.234 e. The molecule has 2 saturated carbocycles. The number of aliphatic hydroxyl groups is 1. The van der Waals surface area contributed by atoms with Crippen LogP contribution in [0.15, 0.2) is 0 Å². The van der Waals surface area contributed by atoms with Crippen LogP contribution in [0.4, 0.5) is 0 Å². The van der Waals surface area contributed by atoms with E-state index >= 15 is 0 Å². The number of carbonyl (C=O) groups is 1. The molecule has 2 rings (SSSR count). The maximum Gasteiger partial charge on any atom is 0.234 e. The normalized spacial score (nSPS) is 22.2. The lowest BCUT2D eigenvalue weighted by Gasteiger charge is -2.33. The van der Waals surface area contributed by atoms with Gasteiger partial charge in [0.1, 0.15) is 0 Å². The topological polar surface area (TPSA) is 52.6 Å². The molecule has 0 heterocycles. The van der Waals surface area contributed by atoms with E-state index in [1.807, 2.05) is 0 Å². The molecule has 2 fully saturated rings. The van der Waals surface area contributed by atoms with Crippen molar-refractivity contribution in [3.8, 4) is 0 Å². The number of rotatable bonds is 6. The zero-order chi connectivity index (χ0) is 14.9. The lowest BCUT2D eigenvalue weighted by Crippen LogP contribution is -2.47. The summed E-state index contributed by atoms with van der Waals surface area (Å²) < 4.78 is 0. The largest absolute Gasteiger partial charge is 0.395 e. The van der Waals surface area contributed by atoms with Crippen LogP contribution in [-0.2, 0) is 4.79 Å². The minimum atomic E-state index is 0.146. The summed E-state index contributed by atoms with van der Waals surface area (Å²) in [6.45, 7) is 1.23. The van der Waals surface area contributed by atoms with Gasteiger partial charge >= 0.3 is 0 Å². The number of hydrogen-bond acceptors (Lipinski definition) is 3. The zero-order valence-corrected chi connectivity index (χ0v) is 13.4. The minimum Gasteiger partial charge on any atom is -0.395 e. The molecule has 0 aromatic heterocycles. The molecule has 0 unspecified atom stereocenters. The van der Waals surface area contributed by atoms with E-state index < -0.39 is 0 Å². The van der Waals surface area contributed by atoms with Gasteiger partial charge in [-0.2, -0.15) is 0 Å². The highest BCUT2D eigenvalue weighted by Crippen LogP contribution is 2.22. The third kappa shape index (κ3) is 5.95. The van der Waals surface area contributed by atoms with Crippen molar-refractivity contribution in [1.29, 1.82) is 0 Å². The molecular formula is C17H32N2O2. The van der Waals surface area contributed by atoms with Crippen LogP contribution in [0.25, 0.3) is 0 Å². The van der Waals surface area contributed by atoms with E-state index in [-0.39, 0.29) is 12.5 Å². The highest BCUT2D eigenvalue weighted by molar-refractivity contribution is 5.78. The molecule has 0 spiro atoms. The second kappa shape index (κ2) is 9.42. The first-order chi connectivity index (χ1) is 10.3. The Hall–Kier alpha value is -0.610. The lowest BCUT2D eigenvalue weighted by atomic mass is 9.94. The summed E-state index contributed by atoms with van der Waals surface area (Å²) in [5.74, 6) is 0.154. The molecule has 2 aliphatic rings. The highest BCUT2D eigenvalue weighted by atomic mass is 16.3. The molecule has 0 atom stereocenters. The zero-order valence-electron chi connectivity index (χ0n) is 13.4. The van der Waals surface area contributed by atoms with Gasteiger partial charge in [-0.25, -0.2) is 0 Å². The van der Waals surface area contributed by atoms with Gasteiger partial charge in [-0.3, -0.25) is 9.69 Å². The first kappa shape index (κ1) is 16.8. The average molecular weight is 296 g/mol. The standard InChI is InChI=1S/C17H32N2O2/c20-13-12-19(16-10-6-3-7-11-16)14-17(21)18-15-8-4-1-2-5-9-15/h15-16,20H,1-14H2,(H,18,21). The van der Waals surface area contributed by atoms with Gasteiger partial charge in [0.2, 0.25) is 5.91 Å². The Labute approximate surface area is 129 Å². The third-order valence-electron chi connectivity index (χ3n) is 5.05. The van der Waals surface area contributed by atoms with Crippen molar-refractivity contribution in [3.63, 3.8) is 0 Å². The molecular weight excluding hydrogens is 264 g/mol. The molecule has 21 heavy (non-hydrogen) atoms. The second-order valence-corrected chi connectivity index (χ2v) is 6.74. The van der Waals surface area contributed by atoms with Gasteiger partial charge in [0.05, 0.1) is 13.2 Å². The quantitative estimate of drug-likeness (QED) is 0.740. The van der Waals surface area contributed by atoms with Gasteiger partial charge in [-0.05, 0) is 25.7 Å². The van der Waals surface area contributed by atoms with Crippen molar-refractivity contribution < 1.29 is 9.90 Å². The van der Waals surface area contributed by atoms with E-state index in [9.17, 15) is 9.90 Å². The third-order valence-corrected chi connectivity index (χ3v) is 5.05. The van der Waals surface area contributed by atoms with Crippen LogP contribution in [0.3, 0.4) is 0 Å². The molecule has 0 saturated heterocycles. The van der Waals surface area contributed by atoms with E-state index in [1.165, 1.54) is 57.8 Å². The molecule has 1 amide bonds. The number of aliphatic hydroxyl groups excluding tert-OH is 1. The monoisotopic (exact) mass is 296 g/mol. The van der Waals surface area contributed by atoms with Crippen molar-refractivity contribution in [2.45, 2.75) is 82.7 Å². The lowest BCUT2D eigenvalue weighted by molar-refractivity contribution is -0.123. The minimum absolute atomic E-state index is 0.146. The van der Waals surface area contributed by atoms with Crippen LogP contribution in [-0.4, -0.2) is 47.7 Å². The van der Waals surface area contributed by atoms with E-state index in [0.29, 0.717) is 25.2 Å². The van der Waals surface area contributed by atoms with E-state index in [1.54, 1.807) is 0 Å². The van der Waals surface area contributed by atoms with Crippen LogP contribution >= 0.6 is 0 Å². The van der Waals surface area contributed by atoms with Gasteiger partial charge in [0.15, 0.2) is 0 Å². The summed E-state index contributed by atoms with van der Waals surface area (Å²) in [5.41, 5.74) is 0. The van der Waals surface area contributed by atoms with Crippen molar-refractivity contribution in [3.05, 3.63) is 0 Å². The Balaban J connectivity index is 1.79. The number of nitrogens with one attached hydrogen (secondary N) is 1. The number of hydrogen-bond donors (Lipinski definition) is 2. The summed E-state index contributed by atoms with van der Waals surface area (Å²) in [5, 5.41) is 12.5. The van der Waals surface area contributed by atoms with Crippen molar-refractivity contribution in [2.75, 3.05) is 19.7 Å². The van der Waals surface area contributed by atoms with E-state index in [2.05, 4.69) is 10.2 Å². The predicted octanol–water partition coefficient (Wildman–Crippen LogP) is 2.45. The molecule has 2 aliphatic carbocycles. The van der Waals surface area contributed by atoms with Crippen molar-refractivity contribution in [1.82, 2.24) is 10.2 Å². The fourth-order valence-electron chi connectivity index (χ4n) is 3.85. The van der Waals surface area contributed by atoms with Crippen LogP contribution in [0.5, 0.6) is 0 Å². The van der Waals surface area contributed by atoms with Gasteiger partial charge in [0.25, 0.3) is 0 Å². The maximum absolute atomic E-state index is 12.3. The average Bonchev–Trinajstić information content (AvgIpc) is 2.76. The molecule has 0 radical (unpaired) electrons. The SMILES string of the molecule is O=C(CN(CCO)C1CCCCC1)NC1CCCCCC1. The maximum atomic E-state index is 12.3. The van der Waals surface area contributed by atoms with Crippen molar-refractivity contribution in [2.24, 2.45) is 0 Å². The second-order valence-electron chi connectivity index (χ2n) is 6.74. The van der Waals surface area contributed by atoms with E-state index in [0.717, 1.165) is 12.8 Å². The van der Waals surface area contributed by atoms with Gasteiger partial charge in [-0.1, -0.05) is 44.9 Å². The Bertz CT molecular complexity index is 295. The summed E-state index contributed by atoms with van der Waals surface area (Å²) in [4.78, 5) is 14.5. The molecule has 4 nitrogen and oxygen atoms in total. The van der Waals surface area contributed by atoms with E-state index in [4.69, 9.17) is 0 Å². The fraction of sp³-hybridized carbons (Fsp3) is 0.941. The fourth-order valence-corrected chi connectivity index (χ4v) is 3.85. The van der Waals surface area contributed by atoms with Crippen molar-refractivity contribution >= 4 is 5.91 Å². The Morgan fingerprint density at radius 3 is 2.14 bits per heavy atom. The summed E-state index contributed by atoms with van der Waals surface area (Å²) >= 11 is 0. The summed E-state index contributed by atoms with van der Waals surface area (Å²) in [6, 6.07) is 0.869. The Kier molecular flexibility index (Phi) is 7.51. The Morgan fingerprint density at radius 1 is 0.952 bits per heavy atom. The van der Waals surface area contributed by atoms with Gasteiger partial charge in [0, 0.05) is 18.6 Å². The highest BCUT2D eigenvalue weighted by Gasteiger charge is 2.23.